The van der Waals surface area contributed by atoms with E-state index in [4.69, 9.17) is 10.3 Å². The highest BCUT2D eigenvalue weighted by Gasteiger charge is 2.27. The minimum absolute atomic E-state index is 0.110. The fraction of sp³-hybridized carbons (Fsp3) is 0.800. The highest BCUT2D eigenvalue weighted by atomic mass is 19.4. The second-order valence-corrected chi connectivity index (χ2v) is 3.86. The second-order valence-electron chi connectivity index (χ2n) is 3.86. The summed E-state index contributed by atoms with van der Waals surface area (Å²) in [4.78, 5) is 4.00. The number of nitrogens with two attached hydrogens (primary N) is 1. The van der Waals surface area contributed by atoms with Crippen LogP contribution in [-0.4, -0.2) is 29.5 Å². The lowest BCUT2D eigenvalue weighted by molar-refractivity contribution is -0.173. The molecule has 0 aliphatic rings. The first-order valence-corrected chi connectivity index (χ1v) is 5.65. The van der Waals surface area contributed by atoms with Crippen molar-refractivity contribution >= 4 is 0 Å². The average Bonchev–Trinajstić information content (AvgIpc) is 2.72. The zero-order chi connectivity index (χ0) is 13.6. The number of alkyl halides is 3. The Morgan fingerprint density at radius 3 is 2.78 bits per heavy atom. The van der Waals surface area contributed by atoms with Gasteiger partial charge >= 0.3 is 6.18 Å². The van der Waals surface area contributed by atoms with Crippen LogP contribution >= 0.6 is 0 Å². The Hall–Kier alpha value is -1.15. The first-order valence-electron chi connectivity index (χ1n) is 5.65. The van der Waals surface area contributed by atoms with Gasteiger partial charge in [-0.2, -0.15) is 18.2 Å². The van der Waals surface area contributed by atoms with Gasteiger partial charge in [0.25, 0.3) is 0 Å². The van der Waals surface area contributed by atoms with Gasteiger partial charge in [0.1, 0.15) is 6.61 Å². The van der Waals surface area contributed by atoms with Crippen molar-refractivity contribution in [2.24, 2.45) is 5.73 Å². The first-order chi connectivity index (χ1) is 8.42. The van der Waals surface area contributed by atoms with Crippen molar-refractivity contribution in [1.82, 2.24) is 10.1 Å². The molecule has 0 aromatic carbocycles. The molecular formula is C10H16F3N3O2. The topological polar surface area (TPSA) is 74.2 Å². The number of ether oxygens (including phenoxy) is 1. The van der Waals surface area contributed by atoms with E-state index in [0.717, 1.165) is 6.42 Å². The van der Waals surface area contributed by atoms with E-state index in [-0.39, 0.29) is 19.1 Å². The Balaban J connectivity index is 2.31. The van der Waals surface area contributed by atoms with Gasteiger partial charge in [0, 0.05) is 6.42 Å². The monoisotopic (exact) mass is 267 g/mol. The molecule has 0 amide bonds. The van der Waals surface area contributed by atoms with Crippen molar-refractivity contribution in [3.63, 3.8) is 0 Å². The van der Waals surface area contributed by atoms with Crippen LogP contribution in [-0.2, 0) is 11.2 Å². The quantitative estimate of drug-likeness (QED) is 0.765. The minimum Gasteiger partial charge on any atom is -0.372 e. The molecule has 0 spiro atoms. The highest BCUT2D eigenvalue weighted by Crippen LogP contribution is 2.15. The van der Waals surface area contributed by atoms with Crippen LogP contribution in [0.1, 0.15) is 37.5 Å². The van der Waals surface area contributed by atoms with Crippen molar-refractivity contribution in [2.45, 2.75) is 38.4 Å². The van der Waals surface area contributed by atoms with Crippen LogP contribution in [0.15, 0.2) is 4.52 Å². The molecule has 1 unspecified atom stereocenters. The molecule has 1 aromatic rings. The van der Waals surface area contributed by atoms with Gasteiger partial charge in [-0.3, -0.25) is 0 Å². The van der Waals surface area contributed by atoms with E-state index in [1.54, 1.807) is 0 Å². The SMILES string of the molecule is CCCC(N)c1nc(CCOCC(F)(F)F)no1. The van der Waals surface area contributed by atoms with Crippen LogP contribution in [0.4, 0.5) is 13.2 Å². The average molecular weight is 267 g/mol. The Labute approximate surface area is 102 Å². The van der Waals surface area contributed by atoms with Crippen LogP contribution in [0.3, 0.4) is 0 Å². The van der Waals surface area contributed by atoms with Crippen molar-refractivity contribution in [3.8, 4) is 0 Å². The predicted molar refractivity (Wildman–Crippen MR) is 56.7 cm³/mol. The Kier molecular flexibility index (Phi) is 5.54. The molecule has 0 saturated heterocycles. The summed E-state index contributed by atoms with van der Waals surface area (Å²) in [5.41, 5.74) is 5.75. The summed E-state index contributed by atoms with van der Waals surface area (Å²) >= 11 is 0. The van der Waals surface area contributed by atoms with Gasteiger partial charge in [0.2, 0.25) is 5.89 Å². The number of aromatic nitrogens is 2. The molecular weight excluding hydrogens is 251 g/mol. The van der Waals surface area contributed by atoms with Gasteiger partial charge < -0.3 is 15.0 Å². The van der Waals surface area contributed by atoms with Gasteiger partial charge in [-0.15, -0.1) is 0 Å². The number of hydrogen-bond donors (Lipinski definition) is 1. The van der Waals surface area contributed by atoms with E-state index in [1.165, 1.54) is 0 Å². The maximum absolute atomic E-state index is 11.8. The molecule has 1 atom stereocenters. The molecule has 0 aliphatic carbocycles. The molecule has 2 N–H and O–H groups in total. The largest absolute Gasteiger partial charge is 0.411 e. The Morgan fingerprint density at radius 1 is 1.44 bits per heavy atom. The summed E-state index contributed by atoms with van der Waals surface area (Å²) in [6.45, 7) is 0.594. The van der Waals surface area contributed by atoms with Crippen molar-refractivity contribution in [3.05, 3.63) is 11.7 Å². The van der Waals surface area contributed by atoms with Gasteiger partial charge in [-0.25, -0.2) is 0 Å². The van der Waals surface area contributed by atoms with Crippen molar-refractivity contribution in [2.75, 3.05) is 13.2 Å². The van der Waals surface area contributed by atoms with E-state index in [1.807, 2.05) is 6.92 Å². The maximum Gasteiger partial charge on any atom is 0.411 e. The Bertz CT molecular complexity index is 354. The third-order valence-electron chi connectivity index (χ3n) is 2.14. The molecule has 0 radical (unpaired) electrons. The van der Waals surface area contributed by atoms with Gasteiger partial charge in [-0.1, -0.05) is 18.5 Å². The van der Waals surface area contributed by atoms with Gasteiger partial charge in [-0.05, 0) is 6.42 Å². The molecule has 0 aliphatic heterocycles. The van der Waals surface area contributed by atoms with E-state index < -0.39 is 12.8 Å². The van der Waals surface area contributed by atoms with Crippen LogP contribution in [0, 0.1) is 0 Å². The van der Waals surface area contributed by atoms with Crippen molar-refractivity contribution in [1.29, 1.82) is 0 Å². The first kappa shape index (κ1) is 14.9. The second kappa shape index (κ2) is 6.69. The lowest BCUT2D eigenvalue weighted by atomic mass is 10.2. The smallest absolute Gasteiger partial charge is 0.372 e. The summed E-state index contributed by atoms with van der Waals surface area (Å²) in [6.07, 6.45) is -2.55. The molecule has 0 bridgehead atoms. The zero-order valence-electron chi connectivity index (χ0n) is 10.0. The Morgan fingerprint density at radius 2 is 2.17 bits per heavy atom. The van der Waals surface area contributed by atoms with E-state index in [9.17, 15) is 13.2 Å². The highest BCUT2D eigenvalue weighted by molar-refractivity contribution is 4.91. The molecule has 1 rings (SSSR count). The third kappa shape index (κ3) is 5.46. The normalized spacial score (nSPS) is 13.8. The maximum atomic E-state index is 11.8. The molecule has 0 saturated carbocycles. The van der Waals surface area contributed by atoms with Gasteiger partial charge in [0.05, 0.1) is 12.6 Å². The predicted octanol–water partition coefficient (Wildman–Crippen LogP) is 1.99. The fourth-order valence-electron chi connectivity index (χ4n) is 1.31. The van der Waals surface area contributed by atoms with Crippen LogP contribution in [0.25, 0.3) is 0 Å². The number of nitrogens with zero attached hydrogens (tertiary/aromatic N) is 2. The minimum atomic E-state index is -4.31. The number of hydrogen-bond acceptors (Lipinski definition) is 5. The van der Waals surface area contributed by atoms with E-state index >= 15 is 0 Å². The standard InChI is InChI=1S/C10H16F3N3O2/c1-2-3-7(14)9-15-8(16-18-9)4-5-17-6-10(11,12)13/h7H,2-6,14H2,1H3. The molecule has 18 heavy (non-hydrogen) atoms. The summed E-state index contributed by atoms with van der Waals surface area (Å²) < 4.78 is 44.7. The third-order valence-corrected chi connectivity index (χ3v) is 2.14. The summed E-state index contributed by atoms with van der Waals surface area (Å²) in [6, 6.07) is -0.327. The zero-order valence-corrected chi connectivity index (χ0v) is 10.0. The lowest BCUT2D eigenvalue weighted by Crippen LogP contribution is -2.18. The molecule has 8 heteroatoms. The van der Waals surface area contributed by atoms with Crippen LogP contribution < -0.4 is 5.73 Å². The summed E-state index contributed by atoms with van der Waals surface area (Å²) in [5, 5.41) is 3.63. The van der Waals surface area contributed by atoms with Crippen molar-refractivity contribution < 1.29 is 22.4 Å². The number of halogens is 3. The summed E-state index contributed by atoms with van der Waals surface area (Å²) in [5.74, 6) is 0.612. The molecule has 5 nitrogen and oxygen atoms in total. The van der Waals surface area contributed by atoms with Gasteiger partial charge in [0.15, 0.2) is 5.82 Å². The molecule has 0 fully saturated rings. The van der Waals surface area contributed by atoms with E-state index in [2.05, 4.69) is 14.9 Å². The number of rotatable bonds is 7. The van der Waals surface area contributed by atoms with E-state index in [0.29, 0.717) is 18.1 Å². The molecule has 1 aromatic heterocycles. The van der Waals surface area contributed by atoms with Crippen LogP contribution in [0.5, 0.6) is 0 Å². The van der Waals surface area contributed by atoms with Crippen LogP contribution in [0.2, 0.25) is 0 Å². The molecule has 1 heterocycles. The molecule has 104 valence electrons. The lowest BCUT2D eigenvalue weighted by Gasteiger charge is -2.05. The fourth-order valence-corrected chi connectivity index (χ4v) is 1.31. The summed E-state index contributed by atoms with van der Waals surface area (Å²) in [7, 11) is 0.